The van der Waals surface area contributed by atoms with Gasteiger partial charge in [0.25, 0.3) is 0 Å². The second-order valence-electron chi connectivity index (χ2n) is 3.90. The Bertz CT molecular complexity index is 596. The number of ether oxygens (including phenoxy) is 1. The number of hydrogen-bond acceptors (Lipinski definition) is 2. The summed E-state index contributed by atoms with van der Waals surface area (Å²) in [5, 5.41) is 7.44. The van der Waals surface area contributed by atoms with Gasteiger partial charge in [-0.1, -0.05) is 24.3 Å². The number of rotatable bonds is 3. The molecule has 0 unspecified atom stereocenters. The van der Waals surface area contributed by atoms with Crippen molar-refractivity contribution in [2.45, 2.75) is 6.92 Å². The Labute approximate surface area is 105 Å². The largest absolute Gasteiger partial charge is 0.454 e. The first-order valence-corrected chi connectivity index (χ1v) is 5.46. The summed E-state index contributed by atoms with van der Waals surface area (Å²) in [7, 11) is 0. The molecule has 2 rings (SSSR count). The van der Waals surface area contributed by atoms with Gasteiger partial charge in [0.15, 0.2) is 11.6 Å². The van der Waals surface area contributed by atoms with E-state index in [2.05, 4.69) is 0 Å². The molecular weight excluding hydrogens is 231 g/mol. The fourth-order valence-corrected chi connectivity index (χ4v) is 1.60. The summed E-state index contributed by atoms with van der Waals surface area (Å²) in [5.74, 6) is -0.0206. The van der Waals surface area contributed by atoms with E-state index in [9.17, 15) is 4.39 Å². The smallest absolute Gasteiger partial charge is 0.168 e. The Balaban J connectivity index is 2.40. The highest BCUT2D eigenvalue weighted by atomic mass is 19.1. The summed E-state index contributed by atoms with van der Waals surface area (Å²) >= 11 is 0. The highest BCUT2D eigenvalue weighted by Gasteiger charge is 2.10. The number of halogens is 1. The van der Waals surface area contributed by atoms with Gasteiger partial charge in [0.2, 0.25) is 0 Å². The molecule has 92 valence electrons. The molecule has 2 aromatic rings. The lowest BCUT2D eigenvalue weighted by molar-refractivity contribution is 0.439. The molecule has 0 aliphatic heterocycles. The van der Waals surface area contributed by atoms with E-state index in [4.69, 9.17) is 15.9 Å². The topological polar surface area (TPSA) is 59.1 Å². The fraction of sp³-hybridized carbons (Fsp3) is 0.0714. The number of amidine groups is 1. The lowest BCUT2D eigenvalue weighted by Gasteiger charge is -2.11. The maximum atomic E-state index is 13.8. The van der Waals surface area contributed by atoms with Crippen molar-refractivity contribution in [2.24, 2.45) is 5.73 Å². The first-order valence-electron chi connectivity index (χ1n) is 5.46. The molecule has 3 N–H and O–H groups in total. The molecule has 0 heterocycles. The van der Waals surface area contributed by atoms with Crippen LogP contribution in [0.4, 0.5) is 4.39 Å². The van der Waals surface area contributed by atoms with Gasteiger partial charge >= 0.3 is 0 Å². The van der Waals surface area contributed by atoms with Crippen molar-refractivity contribution in [3.8, 4) is 11.5 Å². The van der Waals surface area contributed by atoms with E-state index in [1.165, 1.54) is 0 Å². The van der Waals surface area contributed by atoms with Crippen molar-refractivity contribution < 1.29 is 9.13 Å². The van der Waals surface area contributed by atoms with Crippen molar-refractivity contribution in [1.29, 1.82) is 5.41 Å². The van der Waals surface area contributed by atoms with Crippen LogP contribution >= 0.6 is 0 Å². The van der Waals surface area contributed by atoms with E-state index in [0.29, 0.717) is 16.9 Å². The number of nitrogens with one attached hydrogen (secondary N) is 1. The predicted molar refractivity (Wildman–Crippen MR) is 68.7 cm³/mol. The molecule has 3 nitrogen and oxygen atoms in total. The number of nitrogens with two attached hydrogens (primary N) is 1. The average molecular weight is 244 g/mol. The molecular formula is C14H13FN2O. The maximum absolute atomic E-state index is 13.8. The Morgan fingerprint density at radius 1 is 1.11 bits per heavy atom. The summed E-state index contributed by atoms with van der Waals surface area (Å²) in [5.41, 5.74) is 6.40. The number of benzene rings is 2. The second-order valence-corrected chi connectivity index (χ2v) is 3.90. The summed E-state index contributed by atoms with van der Waals surface area (Å²) in [6, 6.07) is 11.7. The third kappa shape index (κ3) is 2.32. The quantitative estimate of drug-likeness (QED) is 0.643. The molecule has 0 fully saturated rings. The molecule has 0 radical (unpaired) electrons. The first kappa shape index (κ1) is 12.1. The minimum absolute atomic E-state index is 0.112. The van der Waals surface area contributed by atoms with Gasteiger partial charge in [-0.15, -0.1) is 0 Å². The highest BCUT2D eigenvalue weighted by molar-refractivity contribution is 5.97. The molecule has 2 aromatic carbocycles. The number of aryl methyl sites for hydroxylation is 1. The van der Waals surface area contributed by atoms with Crippen LogP contribution in [0.25, 0.3) is 0 Å². The average Bonchev–Trinajstić information content (AvgIpc) is 2.35. The van der Waals surface area contributed by atoms with Crippen LogP contribution < -0.4 is 10.5 Å². The monoisotopic (exact) mass is 244 g/mol. The van der Waals surface area contributed by atoms with E-state index in [1.54, 1.807) is 49.4 Å². The van der Waals surface area contributed by atoms with Crippen molar-refractivity contribution in [2.75, 3.05) is 0 Å². The number of hydrogen-bond donors (Lipinski definition) is 2. The van der Waals surface area contributed by atoms with Crippen molar-refractivity contribution in [1.82, 2.24) is 0 Å². The normalized spacial score (nSPS) is 10.1. The van der Waals surface area contributed by atoms with E-state index < -0.39 is 5.82 Å². The molecule has 0 saturated carbocycles. The Morgan fingerprint density at radius 3 is 2.50 bits per heavy atom. The van der Waals surface area contributed by atoms with Crippen LogP contribution in [-0.2, 0) is 0 Å². The third-order valence-electron chi connectivity index (χ3n) is 2.55. The molecule has 0 aliphatic carbocycles. The van der Waals surface area contributed by atoms with Gasteiger partial charge < -0.3 is 10.5 Å². The Morgan fingerprint density at radius 2 is 1.78 bits per heavy atom. The van der Waals surface area contributed by atoms with Gasteiger partial charge in [-0.2, -0.15) is 0 Å². The van der Waals surface area contributed by atoms with E-state index in [0.717, 1.165) is 0 Å². The summed E-state index contributed by atoms with van der Waals surface area (Å²) < 4.78 is 19.3. The van der Waals surface area contributed by atoms with Crippen molar-refractivity contribution >= 4 is 5.84 Å². The lowest BCUT2D eigenvalue weighted by Crippen LogP contribution is -2.12. The van der Waals surface area contributed by atoms with Gasteiger partial charge in [0.05, 0.1) is 5.56 Å². The second kappa shape index (κ2) is 4.87. The molecule has 0 atom stereocenters. The van der Waals surface area contributed by atoms with Crippen molar-refractivity contribution in [3.63, 3.8) is 0 Å². The standard InChI is InChI=1S/C14H13FN2O/c1-9-5-4-8-12(13(9)15)18-11-7-3-2-6-10(11)14(16)17/h2-8H,1H3,(H3,16,17). The van der Waals surface area contributed by atoms with E-state index in [1.807, 2.05) is 0 Å². The van der Waals surface area contributed by atoms with Gasteiger partial charge in [0, 0.05) is 0 Å². The molecule has 0 aromatic heterocycles. The molecule has 0 saturated heterocycles. The van der Waals surface area contributed by atoms with Crippen LogP contribution in [0.2, 0.25) is 0 Å². The zero-order valence-corrected chi connectivity index (χ0v) is 9.91. The molecule has 0 bridgehead atoms. The van der Waals surface area contributed by atoms with E-state index >= 15 is 0 Å². The molecule has 4 heteroatoms. The van der Waals surface area contributed by atoms with Crippen molar-refractivity contribution in [3.05, 3.63) is 59.4 Å². The van der Waals surface area contributed by atoms with Gasteiger partial charge in [0.1, 0.15) is 11.6 Å². The molecule has 0 aliphatic rings. The highest BCUT2D eigenvalue weighted by Crippen LogP contribution is 2.28. The lowest BCUT2D eigenvalue weighted by atomic mass is 10.2. The summed E-state index contributed by atoms with van der Waals surface area (Å²) in [6.45, 7) is 1.67. The van der Waals surface area contributed by atoms with E-state index in [-0.39, 0.29) is 11.6 Å². The van der Waals surface area contributed by atoms with Crippen LogP contribution in [0.3, 0.4) is 0 Å². The zero-order chi connectivity index (χ0) is 13.1. The van der Waals surface area contributed by atoms with Gasteiger partial charge in [-0.25, -0.2) is 4.39 Å². The predicted octanol–water partition coefficient (Wildman–Crippen LogP) is 3.21. The SMILES string of the molecule is Cc1cccc(Oc2ccccc2C(=N)N)c1F. The Hall–Kier alpha value is -2.36. The molecule has 0 spiro atoms. The van der Waals surface area contributed by atoms with Crippen LogP contribution in [0.1, 0.15) is 11.1 Å². The minimum atomic E-state index is -0.407. The summed E-state index contributed by atoms with van der Waals surface area (Å²) in [4.78, 5) is 0. The third-order valence-corrected chi connectivity index (χ3v) is 2.55. The van der Waals surface area contributed by atoms with Gasteiger partial charge in [-0.3, -0.25) is 5.41 Å². The molecule has 18 heavy (non-hydrogen) atoms. The van der Waals surface area contributed by atoms with Gasteiger partial charge in [-0.05, 0) is 30.7 Å². The minimum Gasteiger partial charge on any atom is -0.454 e. The van der Waals surface area contributed by atoms with Crippen LogP contribution in [-0.4, -0.2) is 5.84 Å². The number of para-hydroxylation sites is 1. The summed E-state index contributed by atoms with van der Waals surface area (Å²) in [6.07, 6.45) is 0. The Kier molecular flexibility index (Phi) is 3.28. The van der Waals surface area contributed by atoms with Crippen LogP contribution in [0, 0.1) is 18.2 Å². The molecule has 0 amide bonds. The van der Waals surface area contributed by atoms with Crippen LogP contribution in [0.15, 0.2) is 42.5 Å². The zero-order valence-electron chi connectivity index (χ0n) is 9.91. The number of nitrogen functional groups attached to an aromatic ring is 1. The van der Waals surface area contributed by atoms with Crippen LogP contribution in [0.5, 0.6) is 11.5 Å². The fourth-order valence-electron chi connectivity index (χ4n) is 1.60. The first-order chi connectivity index (χ1) is 8.59. The maximum Gasteiger partial charge on any atom is 0.168 e.